The van der Waals surface area contributed by atoms with Crippen LogP contribution >= 0.6 is 0 Å². The first-order valence-corrected chi connectivity index (χ1v) is 26.9. The molecule has 0 unspecified atom stereocenters. The maximum atomic E-state index is 2.66. The Morgan fingerprint density at radius 3 is 0.857 bits per heavy atom. The van der Waals surface area contributed by atoms with Crippen LogP contribution in [0.15, 0.2) is 12.4 Å². The van der Waals surface area contributed by atoms with Crippen LogP contribution in [0.5, 0.6) is 0 Å². The van der Waals surface area contributed by atoms with E-state index in [-0.39, 0.29) is 0 Å². The fourth-order valence-corrected chi connectivity index (χ4v) is 9.15. The molecular weight excluding hydrogens is 677 g/mol. The molecule has 0 aliphatic rings. The van der Waals surface area contributed by atoms with E-state index < -0.39 is 0 Å². The van der Waals surface area contributed by atoms with Gasteiger partial charge < -0.3 is 0 Å². The maximum Gasteiger partial charge on any atom is 0.256 e. The Balaban J connectivity index is 2.25. The minimum absolute atomic E-state index is 1.23. The lowest BCUT2D eigenvalue weighted by molar-refractivity contribution is -0.704. The number of unbranched alkanes of at least 4 members (excludes halogenated alkanes) is 42. The van der Waals surface area contributed by atoms with Crippen molar-refractivity contribution in [3.05, 3.63) is 18.2 Å². The van der Waals surface area contributed by atoms with Crippen molar-refractivity contribution in [2.75, 3.05) is 0 Å². The number of aryl methyl sites for hydroxylation is 2. The quantitative estimate of drug-likeness (QED) is 0.0460. The molecule has 0 radical (unpaired) electrons. The summed E-state index contributed by atoms with van der Waals surface area (Å²) in [4.78, 5) is 0. The van der Waals surface area contributed by atoms with Crippen LogP contribution in [0.1, 0.15) is 316 Å². The van der Waals surface area contributed by atoms with Gasteiger partial charge in [0.2, 0.25) is 0 Å². The Kier molecular flexibility index (Phi) is 43.1. The standard InChI is InChI=1S/C54H107N2/c1-4-7-10-13-16-19-22-25-28-31-34-37-40-43-46-49-54-55(50-47-44-41-38-35-32-29-26-23-20-17-14-11-8-5-2)52-53-56(54)51-48-45-42-39-36-33-30-27-24-21-18-15-12-9-6-3/h52-53H,4-51H2,1-3H3/q+1. The first-order chi connectivity index (χ1) is 27.8. The summed E-state index contributed by atoms with van der Waals surface area (Å²) in [5.74, 6) is 1.63. The highest BCUT2D eigenvalue weighted by molar-refractivity contribution is 4.84. The van der Waals surface area contributed by atoms with Crippen LogP contribution < -0.4 is 4.57 Å². The van der Waals surface area contributed by atoms with Crippen LogP contribution in [0.3, 0.4) is 0 Å². The van der Waals surface area contributed by atoms with Crippen molar-refractivity contribution in [1.82, 2.24) is 4.57 Å². The summed E-state index contributed by atoms with van der Waals surface area (Å²) in [6, 6.07) is 0. The Hall–Kier alpha value is -0.790. The molecule has 2 nitrogen and oxygen atoms in total. The number of imidazole rings is 1. The predicted octanol–water partition coefficient (Wildman–Crippen LogP) is 18.9. The fraction of sp³-hybridized carbons (Fsp3) is 0.944. The second-order valence-corrected chi connectivity index (χ2v) is 18.7. The number of rotatable bonds is 48. The van der Waals surface area contributed by atoms with Gasteiger partial charge in [-0.25, -0.2) is 9.13 Å². The first-order valence-electron chi connectivity index (χ1n) is 26.9. The van der Waals surface area contributed by atoms with Gasteiger partial charge >= 0.3 is 0 Å². The van der Waals surface area contributed by atoms with Crippen LogP contribution in [0, 0.1) is 0 Å². The summed E-state index contributed by atoms with van der Waals surface area (Å²) in [5.41, 5.74) is 0. The molecule has 0 aliphatic heterocycles. The van der Waals surface area contributed by atoms with E-state index in [0.717, 1.165) is 0 Å². The van der Waals surface area contributed by atoms with Gasteiger partial charge in [0.1, 0.15) is 12.4 Å². The van der Waals surface area contributed by atoms with Crippen LogP contribution in [-0.2, 0) is 19.5 Å². The lowest BCUT2D eigenvalue weighted by Gasteiger charge is -2.07. The van der Waals surface area contributed by atoms with Crippen LogP contribution in [0.25, 0.3) is 0 Å². The minimum atomic E-state index is 1.23. The zero-order chi connectivity index (χ0) is 40.1. The Bertz CT molecular complexity index is 805. The first kappa shape index (κ1) is 53.2. The number of hydrogen-bond acceptors (Lipinski definition) is 0. The normalized spacial score (nSPS) is 11.7. The molecule has 0 spiro atoms. The van der Waals surface area contributed by atoms with E-state index in [1.165, 1.54) is 308 Å². The van der Waals surface area contributed by atoms with Crippen LogP contribution in [0.4, 0.5) is 0 Å². The summed E-state index contributed by atoms with van der Waals surface area (Å²) in [6.45, 7) is 9.42. The van der Waals surface area contributed by atoms with E-state index in [1.54, 1.807) is 5.82 Å². The van der Waals surface area contributed by atoms with E-state index in [9.17, 15) is 0 Å². The van der Waals surface area contributed by atoms with Crippen molar-refractivity contribution in [2.45, 2.75) is 329 Å². The van der Waals surface area contributed by atoms with Crippen LogP contribution in [0.2, 0.25) is 0 Å². The van der Waals surface area contributed by atoms with Crippen molar-refractivity contribution in [1.29, 1.82) is 0 Å². The van der Waals surface area contributed by atoms with E-state index in [1.807, 2.05) is 0 Å². The zero-order valence-corrected chi connectivity index (χ0v) is 39.5. The van der Waals surface area contributed by atoms with Crippen molar-refractivity contribution >= 4 is 0 Å². The molecule has 0 saturated heterocycles. The molecule has 0 fully saturated rings. The molecule has 0 aromatic carbocycles. The monoisotopic (exact) mass is 784 g/mol. The van der Waals surface area contributed by atoms with Gasteiger partial charge in [-0.3, -0.25) is 0 Å². The SMILES string of the molecule is CCCCCCCCCCCCCCCCCc1n(CCCCCCCCCCCCCCCCC)cc[n+]1CCCCCCCCCCCCCCCCC. The van der Waals surface area contributed by atoms with Gasteiger partial charge in [0.15, 0.2) is 0 Å². The van der Waals surface area contributed by atoms with Gasteiger partial charge in [-0.15, -0.1) is 0 Å². The van der Waals surface area contributed by atoms with E-state index >= 15 is 0 Å². The highest BCUT2D eigenvalue weighted by Crippen LogP contribution is 2.17. The molecule has 0 bridgehead atoms. The fourth-order valence-electron chi connectivity index (χ4n) is 9.15. The lowest BCUT2D eigenvalue weighted by atomic mass is 10.0. The van der Waals surface area contributed by atoms with E-state index in [4.69, 9.17) is 0 Å². The summed E-state index contributed by atoms with van der Waals surface area (Å²) in [7, 11) is 0. The van der Waals surface area contributed by atoms with Gasteiger partial charge in [-0.2, -0.15) is 0 Å². The molecule has 56 heavy (non-hydrogen) atoms. The van der Waals surface area contributed by atoms with Crippen molar-refractivity contribution in [2.24, 2.45) is 0 Å². The Morgan fingerprint density at radius 1 is 0.304 bits per heavy atom. The molecule has 1 aromatic rings. The van der Waals surface area contributed by atoms with Crippen molar-refractivity contribution in [3.63, 3.8) is 0 Å². The highest BCUT2D eigenvalue weighted by Gasteiger charge is 2.16. The second kappa shape index (κ2) is 45.3. The molecule has 1 aromatic heterocycles. The van der Waals surface area contributed by atoms with Gasteiger partial charge in [-0.05, 0) is 32.1 Å². The maximum absolute atomic E-state index is 2.66. The third kappa shape index (κ3) is 36.3. The smallest absolute Gasteiger partial charge is 0.234 e. The molecule has 1 rings (SSSR count). The average molecular weight is 784 g/mol. The highest BCUT2D eigenvalue weighted by atomic mass is 15.1. The third-order valence-electron chi connectivity index (χ3n) is 13.1. The van der Waals surface area contributed by atoms with Gasteiger partial charge in [0, 0.05) is 6.42 Å². The lowest BCUT2D eigenvalue weighted by Crippen LogP contribution is -2.37. The Morgan fingerprint density at radius 2 is 0.554 bits per heavy atom. The molecule has 0 saturated carbocycles. The largest absolute Gasteiger partial charge is 0.256 e. The van der Waals surface area contributed by atoms with Crippen LogP contribution in [-0.4, -0.2) is 4.57 Å². The zero-order valence-electron chi connectivity index (χ0n) is 39.5. The summed E-state index contributed by atoms with van der Waals surface area (Å²) in [5, 5.41) is 0. The van der Waals surface area contributed by atoms with E-state index in [0.29, 0.717) is 0 Å². The summed E-state index contributed by atoms with van der Waals surface area (Å²) >= 11 is 0. The molecule has 0 aliphatic carbocycles. The van der Waals surface area contributed by atoms with Crippen molar-refractivity contribution < 1.29 is 4.57 Å². The molecular formula is C54H107N2+. The number of nitrogens with zero attached hydrogens (tertiary/aromatic N) is 2. The van der Waals surface area contributed by atoms with E-state index in [2.05, 4.69) is 42.3 Å². The second-order valence-electron chi connectivity index (χ2n) is 18.7. The predicted molar refractivity (Wildman–Crippen MR) is 253 cm³/mol. The van der Waals surface area contributed by atoms with Gasteiger partial charge in [0.25, 0.3) is 5.82 Å². The summed E-state index contributed by atoms with van der Waals surface area (Å²) < 4.78 is 5.33. The summed E-state index contributed by atoms with van der Waals surface area (Å²) in [6.07, 6.45) is 71.3. The molecule has 0 amide bonds. The van der Waals surface area contributed by atoms with Crippen molar-refractivity contribution in [3.8, 4) is 0 Å². The Labute approximate surface area is 355 Å². The van der Waals surface area contributed by atoms with Gasteiger partial charge in [-0.1, -0.05) is 278 Å². The molecule has 332 valence electrons. The average Bonchev–Trinajstić information content (AvgIpc) is 3.59. The number of aromatic nitrogens is 2. The minimum Gasteiger partial charge on any atom is -0.234 e. The number of hydrogen-bond donors (Lipinski definition) is 0. The molecule has 0 atom stereocenters. The topological polar surface area (TPSA) is 8.81 Å². The molecule has 0 N–H and O–H groups in total. The molecule has 2 heteroatoms. The molecule has 1 heterocycles. The third-order valence-corrected chi connectivity index (χ3v) is 13.1. The van der Waals surface area contributed by atoms with Gasteiger partial charge in [0.05, 0.1) is 13.1 Å².